The molecule has 0 bridgehead atoms. The van der Waals surface area contributed by atoms with Crippen molar-refractivity contribution in [2.45, 2.75) is 50.7 Å². The van der Waals surface area contributed by atoms with Gasteiger partial charge in [-0.05, 0) is 76.5 Å². The quantitative estimate of drug-likeness (QED) is 0.589. The number of amides is 2. The first-order valence-electron chi connectivity index (χ1n) is 12.3. The average molecular weight is 469 g/mol. The second kappa shape index (κ2) is 10.8. The van der Waals surface area contributed by atoms with Crippen LogP contribution in [0.2, 0.25) is 0 Å². The fourth-order valence-electron chi connectivity index (χ4n) is 5.11. The van der Waals surface area contributed by atoms with Gasteiger partial charge in [-0.1, -0.05) is 12.5 Å². The molecule has 8 nitrogen and oxygen atoms in total. The van der Waals surface area contributed by atoms with Crippen molar-refractivity contribution in [1.29, 1.82) is 0 Å². The van der Waals surface area contributed by atoms with Gasteiger partial charge in [-0.15, -0.1) is 0 Å². The Morgan fingerprint density at radius 2 is 1.85 bits per heavy atom. The molecule has 4 rings (SSSR count). The molecule has 2 aliphatic heterocycles. The highest BCUT2D eigenvalue weighted by molar-refractivity contribution is 5.97. The van der Waals surface area contributed by atoms with Crippen molar-refractivity contribution in [2.24, 2.45) is 5.41 Å². The van der Waals surface area contributed by atoms with Gasteiger partial charge >= 0.3 is 0 Å². The Morgan fingerprint density at radius 1 is 1.06 bits per heavy atom. The van der Waals surface area contributed by atoms with E-state index in [0.29, 0.717) is 18.7 Å². The minimum absolute atomic E-state index is 0.0171. The molecule has 2 atom stereocenters. The van der Waals surface area contributed by atoms with E-state index < -0.39 is 17.6 Å². The van der Waals surface area contributed by atoms with Crippen LogP contribution in [0.3, 0.4) is 0 Å². The molecule has 0 unspecified atom stereocenters. The van der Waals surface area contributed by atoms with Crippen molar-refractivity contribution >= 4 is 22.7 Å². The van der Waals surface area contributed by atoms with Crippen LogP contribution in [-0.4, -0.2) is 88.8 Å². The molecule has 3 heterocycles. The molecular weight excluding hydrogens is 432 g/mol. The normalized spacial score (nSPS) is 25.3. The number of aliphatic hydroxyl groups excluding tert-OH is 2. The lowest BCUT2D eigenvalue weighted by atomic mass is 9.73. The topological polar surface area (TPSA) is 106 Å². The van der Waals surface area contributed by atoms with Crippen LogP contribution < -0.4 is 5.32 Å². The predicted octanol–water partition coefficient (Wildman–Crippen LogP) is 1.80. The van der Waals surface area contributed by atoms with Gasteiger partial charge in [0.05, 0.1) is 23.1 Å². The van der Waals surface area contributed by atoms with E-state index in [9.17, 15) is 19.8 Å². The molecule has 3 N–H and O–H groups in total. The number of benzene rings is 1. The second-order valence-corrected chi connectivity index (χ2v) is 9.88. The largest absolute Gasteiger partial charge is 0.390 e. The number of hydrogen-bond donors (Lipinski definition) is 3. The Kier molecular flexibility index (Phi) is 7.80. The van der Waals surface area contributed by atoms with Crippen molar-refractivity contribution in [3.63, 3.8) is 0 Å². The molecular formula is C26H36N4O4. The van der Waals surface area contributed by atoms with Crippen molar-refractivity contribution < 1.29 is 19.8 Å². The maximum absolute atomic E-state index is 13.4. The summed E-state index contributed by atoms with van der Waals surface area (Å²) in [7, 11) is 2.07. The van der Waals surface area contributed by atoms with Crippen molar-refractivity contribution in [2.75, 3.05) is 39.8 Å². The molecule has 34 heavy (non-hydrogen) atoms. The molecule has 1 spiro atoms. The maximum Gasteiger partial charge on any atom is 0.253 e. The fraction of sp³-hybridized carbons (Fsp3) is 0.577. The van der Waals surface area contributed by atoms with E-state index in [1.165, 1.54) is 0 Å². The lowest BCUT2D eigenvalue weighted by Crippen LogP contribution is -2.50. The minimum atomic E-state index is -1.07. The Balaban J connectivity index is 1.51. The molecule has 2 aromatic rings. The van der Waals surface area contributed by atoms with Crippen LogP contribution in [0, 0.1) is 5.41 Å². The summed E-state index contributed by atoms with van der Waals surface area (Å²) in [4.78, 5) is 34.8. The first-order valence-corrected chi connectivity index (χ1v) is 12.3. The zero-order valence-electron chi connectivity index (χ0n) is 19.9. The number of nitrogens with one attached hydrogen (secondary N) is 1. The van der Waals surface area contributed by atoms with Gasteiger partial charge in [0.1, 0.15) is 0 Å². The molecule has 1 aromatic heterocycles. The number of nitrogens with zero attached hydrogens (tertiary/aromatic N) is 3. The molecule has 1 aromatic carbocycles. The Morgan fingerprint density at radius 3 is 2.65 bits per heavy atom. The van der Waals surface area contributed by atoms with Gasteiger partial charge in [-0.2, -0.15) is 0 Å². The van der Waals surface area contributed by atoms with Gasteiger partial charge in [-0.25, -0.2) is 0 Å². The van der Waals surface area contributed by atoms with E-state index in [2.05, 4.69) is 22.2 Å². The van der Waals surface area contributed by atoms with Crippen molar-refractivity contribution in [3.8, 4) is 0 Å². The summed E-state index contributed by atoms with van der Waals surface area (Å²) in [6, 6.07) is 9.28. The number of pyridine rings is 1. The third-order valence-corrected chi connectivity index (χ3v) is 7.51. The smallest absolute Gasteiger partial charge is 0.253 e. The number of likely N-dealkylation sites (tertiary alicyclic amines) is 1. The number of fused-ring (bicyclic) bond motifs is 1. The number of piperidine rings is 1. The molecule has 2 saturated heterocycles. The van der Waals surface area contributed by atoms with Gasteiger partial charge in [0.2, 0.25) is 5.91 Å². The molecule has 0 aliphatic carbocycles. The summed E-state index contributed by atoms with van der Waals surface area (Å²) in [5.41, 5.74) is 0.970. The highest BCUT2D eigenvalue weighted by atomic mass is 16.3. The second-order valence-electron chi connectivity index (χ2n) is 9.88. The number of aromatic nitrogens is 1. The first-order chi connectivity index (χ1) is 16.4. The predicted molar refractivity (Wildman–Crippen MR) is 130 cm³/mol. The first kappa shape index (κ1) is 24.6. The van der Waals surface area contributed by atoms with E-state index in [4.69, 9.17) is 0 Å². The molecule has 0 radical (unpaired) electrons. The maximum atomic E-state index is 13.4. The summed E-state index contributed by atoms with van der Waals surface area (Å²) < 4.78 is 0. The zero-order valence-corrected chi connectivity index (χ0v) is 19.9. The Labute approximate surface area is 201 Å². The van der Waals surface area contributed by atoms with E-state index in [1.807, 2.05) is 24.3 Å². The number of rotatable bonds is 1. The summed E-state index contributed by atoms with van der Waals surface area (Å²) in [5, 5.41) is 24.8. The number of carbonyl (C=O) groups excluding carboxylic acids is 2. The van der Waals surface area contributed by atoms with E-state index in [0.717, 1.165) is 56.1 Å². The highest BCUT2D eigenvalue weighted by Gasteiger charge is 2.40. The van der Waals surface area contributed by atoms with E-state index >= 15 is 0 Å². The molecule has 0 saturated carbocycles. The molecule has 8 heteroatoms. The van der Waals surface area contributed by atoms with Crippen molar-refractivity contribution in [1.82, 2.24) is 20.1 Å². The van der Waals surface area contributed by atoms with E-state index in [1.54, 1.807) is 17.2 Å². The molecule has 2 aliphatic rings. The van der Waals surface area contributed by atoms with Crippen molar-refractivity contribution in [3.05, 3.63) is 42.1 Å². The van der Waals surface area contributed by atoms with Crippen LogP contribution in [0.4, 0.5) is 0 Å². The highest BCUT2D eigenvalue weighted by Crippen LogP contribution is 2.37. The van der Waals surface area contributed by atoms with Gasteiger partial charge in [0, 0.05) is 36.8 Å². The molecule has 184 valence electrons. The lowest BCUT2D eigenvalue weighted by molar-refractivity contribution is -0.135. The number of β-amino-alcohol motifs (C(OH)–C–C–N with tert-alkyl or cyclic N) is 1. The van der Waals surface area contributed by atoms with Gasteiger partial charge in [0.15, 0.2) is 0 Å². The minimum Gasteiger partial charge on any atom is -0.390 e. The molecule has 2 amide bonds. The zero-order chi connectivity index (χ0) is 24.1. The van der Waals surface area contributed by atoms with Crippen LogP contribution >= 0.6 is 0 Å². The fourth-order valence-corrected chi connectivity index (χ4v) is 5.11. The third kappa shape index (κ3) is 5.56. The Hall–Kier alpha value is -2.55. The Bertz CT molecular complexity index is 1010. The summed E-state index contributed by atoms with van der Waals surface area (Å²) in [5.74, 6) is -0.116. The van der Waals surface area contributed by atoms with Gasteiger partial charge in [0.25, 0.3) is 5.91 Å². The van der Waals surface area contributed by atoms with Crippen LogP contribution in [0.25, 0.3) is 10.9 Å². The number of hydrogen-bond acceptors (Lipinski definition) is 6. The van der Waals surface area contributed by atoms with Crippen LogP contribution in [-0.2, 0) is 4.79 Å². The van der Waals surface area contributed by atoms with E-state index in [-0.39, 0.29) is 24.8 Å². The SMILES string of the molecule is CN1CCC2(CCCCN(C(=O)c3ccc4ncccc4c3)CC[C@H](O)[C@H](O)CNC2=O)CC1. The van der Waals surface area contributed by atoms with Crippen LogP contribution in [0.5, 0.6) is 0 Å². The third-order valence-electron chi connectivity index (χ3n) is 7.51. The average Bonchev–Trinajstić information content (AvgIpc) is 2.87. The van der Waals surface area contributed by atoms with Gasteiger partial charge < -0.3 is 25.3 Å². The van der Waals surface area contributed by atoms with Gasteiger partial charge in [-0.3, -0.25) is 14.6 Å². The monoisotopic (exact) mass is 468 g/mol. The summed E-state index contributed by atoms with van der Waals surface area (Å²) in [6.45, 7) is 2.62. The van der Waals surface area contributed by atoms with Crippen LogP contribution in [0.1, 0.15) is 48.9 Å². The standard InChI is InChI=1S/C26H36N4O4/c1-29-15-10-26(11-16-29)9-2-3-13-30(14-8-22(31)23(32)18-28-25(26)34)24(33)20-6-7-21-19(17-20)5-4-12-27-21/h4-7,12,17,22-23,31-32H,2-3,8-11,13-16,18H2,1H3,(H,28,34)/t22-,23+/m0/s1. The molecule has 2 fully saturated rings. The summed E-state index contributed by atoms with van der Waals surface area (Å²) in [6.07, 6.45) is 3.82. The number of carbonyl (C=O) groups is 2. The lowest BCUT2D eigenvalue weighted by Gasteiger charge is -2.39. The summed E-state index contributed by atoms with van der Waals surface area (Å²) >= 11 is 0. The van der Waals surface area contributed by atoms with Crippen LogP contribution in [0.15, 0.2) is 36.5 Å². The number of aliphatic hydroxyl groups is 2.